The summed E-state index contributed by atoms with van der Waals surface area (Å²) in [5, 5.41) is 4.11. The fourth-order valence-corrected chi connectivity index (χ4v) is 2.30. The highest BCUT2D eigenvalue weighted by Gasteiger charge is 2.16. The Labute approximate surface area is 136 Å². The van der Waals surface area contributed by atoms with Gasteiger partial charge in [-0.3, -0.25) is 9.48 Å². The van der Waals surface area contributed by atoms with Gasteiger partial charge in [-0.1, -0.05) is 0 Å². The van der Waals surface area contributed by atoms with E-state index >= 15 is 0 Å². The fourth-order valence-electron chi connectivity index (χ4n) is 2.30. The zero-order valence-electron chi connectivity index (χ0n) is 14.1. The second-order valence-electron chi connectivity index (χ2n) is 5.21. The summed E-state index contributed by atoms with van der Waals surface area (Å²) in [6.45, 7) is 5.39. The number of ether oxygens (including phenoxy) is 2. The van der Waals surface area contributed by atoms with Gasteiger partial charge in [0.1, 0.15) is 0 Å². The van der Waals surface area contributed by atoms with Gasteiger partial charge in [0.25, 0.3) is 5.91 Å². The van der Waals surface area contributed by atoms with E-state index in [4.69, 9.17) is 9.47 Å². The maximum absolute atomic E-state index is 12.6. The molecule has 0 bridgehead atoms. The first-order valence-corrected chi connectivity index (χ1v) is 7.67. The lowest BCUT2D eigenvalue weighted by Gasteiger charge is -2.18. The number of carbonyl (C=O) groups excluding carboxylic acids is 1. The summed E-state index contributed by atoms with van der Waals surface area (Å²) in [6, 6.07) is 5.27. The molecule has 23 heavy (non-hydrogen) atoms. The predicted molar refractivity (Wildman–Crippen MR) is 87.8 cm³/mol. The first kappa shape index (κ1) is 16.9. The van der Waals surface area contributed by atoms with E-state index in [-0.39, 0.29) is 5.91 Å². The molecule has 0 atom stereocenters. The Morgan fingerprint density at radius 1 is 1.22 bits per heavy atom. The standard InChI is InChI=1S/C17H23N3O3/c1-5-22-15-8-7-14(9-16(15)23-6-2)17(21)19(3)11-13-10-18-20(4)12-13/h7-10,12H,5-6,11H2,1-4H3. The van der Waals surface area contributed by atoms with Crippen LogP contribution in [0, 0.1) is 0 Å². The predicted octanol–water partition coefficient (Wildman–Crippen LogP) is 2.49. The average Bonchev–Trinajstić information content (AvgIpc) is 2.93. The highest BCUT2D eigenvalue weighted by molar-refractivity contribution is 5.94. The van der Waals surface area contributed by atoms with Gasteiger partial charge in [-0.2, -0.15) is 5.10 Å². The van der Waals surface area contributed by atoms with Crippen molar-refractivity contribution in [2.24, 2.45) is 7.05 Å². The topological polar surface area (TPSA) is 56.6 Å². The van der Waals surface area contributed by atoms with Crippen LogP contribution < -0.4 is 9.47 Å². The first-order valence-electron chi connectivity index (χ1n) is 7.67. The summed E-state index contributed by atoms with van der Waals surface area (Å²) in [6.07, 6.45) is 3.65. The summed E-state index contributed by atoms with van der Waals surface area (Å²) >= 11 is 0. The number of hydrogen-bond acceptors (Lipinski definition) is 4. The molecule has 0 N–H and O–H groups in total. The van der Waals surface area contributed by atoms with Gasteiger partial charge in [-0.15, -0.1) is 0 Å². The lowest BCUT2D eigenvalue weighted by Crippen LogP contribution is -2.26. The first-order chi connectivity index (χ1) is 11.0. The molecular weight excluding hydrogens is 294 g/mol. The fraction of sp³-hybridized carbons (Fsp3) is 0.412. The SMILES string of the molecule is CCOc1ccc(C(=O)N(C)Cc2cnn(C)c2)cc1OCC. The van der Waals surface area contributed by atoms with Crippen LogP contribution in [0.25, 0.3) is 0 Å². The third-order valence-corrected chi connectivity index (χ3v) is 3.32. The van der Waals surface area contributed by atoms with Crippen LogP contribution in [0.1, 0.15) is 29.8 Å². The molecule has 0 saturated carbocycles. The largest absolute Gasteiger partial charge is 0.490 e. The Morgan fingerprint density at radius 3 is 2.52 bits per heavy atom. The molecule has 0 fully saturated rings. The average molecular weight is 317 g/mol. The van der Waals surface area contributed by atoms with Crippen molar-refractivity contribution in [2.45, 2.75) is 20.4 Å². The van der Waals surface area contributed by atoms with Crippen LogP contribution in [0.5, 0.6) is 11.5 Å². The summed E-state index contributed by atoms with van der Waals surface area (Å²) < 4.78 is 12.8. The van der Waals surface area contributed by atoms with Crippen LogP contribution >= 0.6 is 0 Å². The van der Waals surface area contributed by atoms with Crippen molar-refractivity contribution in [1.29, 1.82) is 0 Å². The Morgan fingerprint density at radius 2 is 1.91 bits per heavy atom. The number of hydrogen-bond donors (Lipinski definition) is 0. The molecule has 1 heterocycles. The van der Waals surface area contributed by atoms with E-state index in [2.05, 4.69) is 5.10 Å². The minimum absolute atomic E-state index is 0.0714. The van der Waals surface area contributed by atoms with Crippen molar-refractivity contribution >= 4 is 5.91 Å². The lowest BCUT2D eigenvalue weighted by molar-refractivity contribution is 0.0784. The van der Waals surface area contributed by atoms with E-state index < -0.39 is 0 Å². The van der Waals surface area contributed by atoms with Gasteiger partial charge in [0.15, 0.2) is 11.5 Å². The van der Waals surface area contributed by atoms with Crippen molar-refractivity contribution in [3.63, 3.8) is 0 Å². The molecule has 0 unspecified atom stereocenters. The smallest absolute Gasteiger partial charge is 0.254 e. The minimum Gasteiger partial charge on any atom is -0.490 e. The third kappa shape index (κ3) is 4.25. The molecule has 2 rings (SSSR count). The number of amides is 1. The van der Waals surface area contributed by atoms with Crippen LogP contribution in [-0.4, -0.2) is 40.8 Å². The molecular formula is C17H23N3O3. The highest BCUT2D eigenvalue weighted by Crippen LogP contribution is 2.29. The maximum atomic E-state index is 12.6. The van der Waals surface area contributed by atoms with Crippen LogP contribution in [-0.2, 0) is 13.6 Å². The summed E-state index contributed by atoms with van der Waals surface area (Å²) in [4.78, 5) is 14.2. The van der Waals surface area contributed by atoms with Gasteiger partial charge in [-0.25, -0.2) is 0 Å². The Kier molecular flexibility index (Phi) is 5.62. The molecule has 0 aliphatic rings. The normalized spacial score (nSPS) is 10.4. The van der Waals surface area contributed by atoms with E-state index in [9.17, 15) is 4.79 Å². The van der Waals surface area contributed by atoms with Gasteiger partial charge >= 0.3 is 0 Å². The number of carbonyl (C=O) groups is 1. The zero-order chi connectivity index (χ0) is 16.8. The number of aryl methyl sites for hydroxylation is 1. The second kappa shape index (κ2) is 7.67. The molecule has 6 nitrogen and oxygen atoms in total. The minimum atomic E-state index is -0.0714. The summed E-state index contributed by atoms with van der Waals surface area (Å²) in [7, 11) is 3.62. The van der Waals surface area contributed by atoms with Crippen molar-refractivity contribution in [3.8, 4) is 11.5 Å². The van der Waals surface area contributed by atoms with Gasteiger partial charge in [0.05, 0.1) is 19.4 Å². The Bertz CT molecular complexity index is 667. The molecule has 2 aromatic rings. The maximum Gasteiger partial charge on any atom is 0.254 e. The Balaban J connectivity index is 2.15. The zero-order valence-corrected chi connectivity index (χ0v) is 14.1. The molecule has 124 valence electrons. The number of rotatable bonds is 7. The molecule has 0 aliphatic carbocycles. The summed E-state index contributed by atoms with van der Waals surface area (Å²) in [5.41, 5.74) is 1.56. The van der Waals surface area contributed by atoms with Crippen molar-refractivity contribution in [2.75, 3.05) is 20.3 Å². The van der Waals surface area contributed by atoms with E-state index in [0.29, 0.717) is 36.8 Å². The molecule has 0 aliphatic heterocycles. The van der Waals surface area contributed by atoms with E-state index in [0.717, 1.165) is 5.56 Å². The third-order valence-electron chi connectivity index (χ3n) is 3.32. The Hall–Kier alpha value is -2.50. The van der Waals surface area contributed by atoms with Gasteiger partial charge in [0.2, 0.25) is 0 Å². The van der Waals surface area contributed by atoms with Crippen LogP contribution in [0.3, 0.4) is 0 Å². The molecule has 0 radical (unpaired) electrons. The van der Waals surface area contributed by atoms with Crippen LogP contribution in [0.2, 0.25) is 0 Å². The second-order valence-corrected chi connectivity index (χ2v) is 5.21. The molecule has 0 spiro atoms. The van der Waals surface area contributed by atoms with Crippen molar-refractivity contribution in [1.82, 2.24) is 14.7 Å². The molecule has 0 saturated heterocycles. The quantitative estimate of drug-likeness (QED) is 0.787. The van der Waals surface area contributed by atoms with Gasteiger partial charge in [-0.05, 0) is 32.0 Å². The van der Waals surface area contributed by atoms with E-state index in [1.54, 1.807) is 41.0 Å². The molecule has 1 aromatic heterocycles. The monoisotopic (exact) mass is 317 g/mol. The van der Waals surface area contributed by atoms with E-state index in [1.807, 2.05) is 27.1 Å². The molecule has 6 heteroatoms. The highest BCUT2D eigenvalue weighted by atomic mass is 16.5. The van der Waals surface area contributed by atoms with Crippen molar-refractivity contribution < 1.29 is 14.3 Å². The van der Waals surface area contributed by atoms with Crippen LogP contribution in [0.4, 0.5) is 0 Å². The van der Waals surface area contributed by atoms with Crippen LogP contribution in [0.15, 0.2) is 30.6 Å². The number of aromatic nitrogens is 2. The van der Waals surface area contributed by atoms with Gasteiger partial charge in [0, 0.05) is 38.0 Å². The molecule has 1 amide bonds. The molecule has 1 aromatic carbocycles. The number of benzene rings is 1. The van der Waals surface area contributed by atoms with E-state index in [1.165, 1.54) is 0 Å². The number of nitrogens with zero attached hydrogens (tertiary/aromatic N) is 3. The van der Waals surface area contributed by atoms with Crippen molar-refractivity contribution in [3.05, 3.63) is 41.7 Å². The van der Waals surface area contributed by atoms with Gasteiger partial charge < -0.3 is 14.4 Å². The lowest BCUT2D eigenvalue weighted by atomic mass is 10.1. The summed E-state index contributed by atoms with van der Waals surface area (Å²) in [5.74, 6) is 1.17.